The molecule has 3 heteroatoms. The first kappa shape index (κ1) is 33.1. The summed E-state index contributed by atoms with van der Waals surface area (Å²) in [7, 11) is 0. The van der Waals surface area contributed by atoms with Crippen molar-refractivity contribution in [3.63, 3.8) is 0 Å². The van der Waals surface area contributed by atoms with Crippen molar-refractivity contribution in [2.24, 2.45) is 0 Å². The Kier molecular flexibility index (Phi) is 7.52. The van der Waals surface area contributed by atoms with Gasteiger partial charge in [-0.3, -0.25) is 0 Å². The summed E-state index contributed by atoms with van der Waals surface area (Å²) in [6.07, 6.45) is 0. The molecule has 3 nitrogen and oxygen atoms in total. The lowest BCUT2D eigenvalue weighted by Crippen LogP contribution is -2.16. The van der Waals surface area contributed by atoms with Crippen molar-refractivity contribution < 1.29 is 4.42 Å². The average Bonchev–Trinajstić information content (AvgIpc) is 3.81. The molecule has 11 rings (SSSR count). The van der Waals surface area contributed by atoms with Crippen LogP contribution < -0.4 is 4.90 Å². The lowest BCUT2D eigenvalue weighted by atomic mass is 9.82. The Morgan fingerprint density at radius 2 is 1.00 bits per heavy atom. The predicted molar refractivity (Wildman–Crippen MR) is 238 cm³/mol. The maximum Gasteiger partial charge on any atom is 0.227 e. The topological polar surface area (TPSA) is 29.3 Å². The normalized spacial score (nSPS) is 12.9. The minimum absolute atomic E-state index is 0.0978. The maximum absolute atomic E-state index is 6.46. The van der Waals surface area contributed by atoms with Gasteiger partial charge in [-0.05, 0) is 121 Å². The van der Waals surface area contributed by atoms with Gasteiger partial charge in [0.2, 0.25) is 5.89 Å². The lowest BCUT2D eigenvalue weighted by Gasteiger charge is -2.28. The third kappa shape index (κ3) is 5.46. The molecule has 1 aliphatic rings. The summed E-state index contributed by atoms with van der Waals surface area (Å²) < 4.78 is 6.46. The van der Waals surface area contributed by atoms with Gasteiger partial charge >= 0.3 is 0 Å². The fourth-order valence-corrected chi connectivity index (χ4v) is 8.93. The third-order valence-corrected chi connectivity index (χ3v) is 11.9. The average molecular weight is 731 g/mol. The summed E-state index contributed by atoms with van der Waals surface area (Å²) in [6, 6.07) is 69.8. The van der Waals surface area contributed by atoms with Crippen molar-refractivity contribution in [1.29, 1.82) is 0 Å². The Bertz CT molecular complexity index is 3120. The quantitative estimate of drug-likeness (QED) is 0.160. The zero-order chi connectivity index (χ0) is 38.1. The Morgan fingerprint density at radius 1 is 0.439 bits per heavy atom. The van der Waals surface area contributed by atoms with Gasteiger partial charge in [-0.1, -0.05) is 147 Å². The zero-order valence-electron chi connectivity index (χ0n) is 31.8. The monoisotopic (exact) mass is 730 g/mol. The molecule has 0 atom stereocenters. The van der Waals surface area contributed by atoms with Crippen LogP contribution in [0.25, 0.3) is 77.5 Å². The first-order chi connectivity index (χ1) is 28.0. The van der Waals surface area contributed by atoms with E-state index in [1.165, 1.54) is 38.9 Å². The van der Waals surface area contributed by atoms with E-state index in [4.69, 9.17) is 9.40 Å². The summed E-state index contributed by atoms with van der Waals surface area (Å²) in [5.41, 5.74) is 16.0. The first-order valence-electron chi connectivity index (χ1n) is 19.6. The van der Waals surface area contributed by atoms with Crippen LogP contribution in [-0.4, -0.2) is 4.98 Å². The Morgan fingerprint density at radius 3 is 1.74 bits per heavy atom. The van der Waals surface area contributed by atoms with Crippen LogP contribution in [0.2, 0.25) is 0 Å². The van der Waals surface area contributed by atoms with E-state index in [9.17, 15) is 0 Å². The lowest BCUT2D eigenvalue weighted by molar-refractivity contribution is 0.623. The summed E-state index contributed by atoms with van der Waals surface area (Å²) in [5, 5.41) is 4.55. The maximum atomic E-state index is 6.46. The highest BCUT2D eigenvalue weighted by Crippen LogP contribution is 2.50. The van der Waals surface area contributed by atoms with Gasteiger partial charge < -0.3 is 9.32 Å². The SMILES string of the molecule is CC1(C)c2ccccc2-c2ccc(N(c3ccc(-c4ccccc4)cc3)c3ccc(-c4ccc5c(ccc6ccc7nc(-c8ccccc8)oc7c65)c4)cc3)cc21. The van der Waals surface area contributed by atoms with Crippen LogP contribution in [0.4, 0.5) is 17.1 Å². The smallest absolute Gasteiger partial charge is 0.227 e. The fraction of sp³-hybridized carbons (Fsp3) is 0.0556. The largest absolute Gasteiger partial charge is 0.435 e. The number of oxazole rings is 1. The minimum Gasteiger partial charge on any atom is -0.435 e. The molecule has 1 heterocycles. The molecule has 0 N–H and O–H groups in total. The molecule has 1 aromatic heterocycles. The number of benzene rings is 9. The highest BCUT2D eigenvalue weighted by atomic mass is 16.3. The molecular formula is C54H38N2O. The minimum atomic E-state index is -0.0978. The van der Waals surface area contributed by atoms with Crippen molar-refractivity contribution >= 4 is 49.7 Å². The Hall–Kier alpha value is -7.23. The first-order valence-corrected chi connectivity index (χ1v) is 19.6. The number of fused-ring (bicyclic) bond motifs is 8. The van der Waals surface area contributed by atoms with Crippen LogP contribution in [0.15, 0.2) is 199 Å². The van der Waals surface area contributed by atoms with Crippen LogP contribution in [-0.2, 0) is 5.41 Å². The molecule has 0 saturated carbocycles. The Labute approximate surface area is 332 Å². The second-order valence-electron chi connectivity index (χ2n) is 15.6. The van der Waals surface area contributed by atoms with Gasteiger partial charge in [-0.25, -0.2) is 4.98 Å². The van der Waals surface area contributed by atoms with Gasteiger partial charge in [-0.2, -0.15) is 0 Å². The van der Waals surface area contributed by atoms with E-state index in [1.54, 1.807) is 0 Å². The molecule has 57 heavy (non-hydrogen) atoms. The van der Waals surface area contributed by atoms with Crippen LogP contribution in [0, 0.1) is 0 Å². The summed E-state index contributed by atoms with van der Waals surface area (Å²) >= 11 is 0. The summed E-state index contributed by atoms with van der Waals surface area (Å²) in [6.45, 7) is 4.69. The molecule has 0 unspecified atom stereocenters. The number of aromatic nitrogens is 1. The number of nitrogens with zero attached hydrogens (tertiary/aromatic N) is 2. The molecule has 0 saturated heterocycles. The van der Waals surface area contributed by atoms with Gasteiger partial charge in [0.05, 0.1) is 0 Å². The second kappa shape index (κ2) is 12.9. The molecular weight excluding hydrogens is 693 g/mol. The van der Waals surface area contributed by atoms with Gasteiger partial charge in [0.15, 0.2) is 5.58 Å². The zero-order valence-corrected chi connectivity index (χ0v) is 31.8. The molecule has 0 bridgehead atoms. The van der Waals surface area contributed by atoms with Gasteiger partial charge in [0.1, 0.15) is 5.52 Å². The van der Waals surface area contributed by atoms with E-state index in [1.807, 2.05) is 30.3 Å². The molecule has 0 aliphatic heterocycles. The van der Waals surface area contributed by atoms with Crippen LogP contribution in [0.3, 0.4) is 0 Å². The van der Waals surface area contributed by atoms with E-state index in [0.29, 0.717) is 5.89 Å². The van der Waals surface area contributed by atoms with E-state index in [0.717, 1.165) is 60.8 Å². The molecule has 10 aromatic rings. The summed E-state index contributed by atoms with van der Waals surface area (Å²) in [4.78, 5) is 7.24. The molecule has 270 valence electrons. The predicted octanol–water partition coefficient (Wildman–Crippen LogP) is 14.9. The highest BCUT2D eigenvalue weighted by Gasteiger charge is 2.35. The standard InChI is InChI=1S/C54H38N2O/c1-54(2)48-16-10-9-15-46(48)47-31-29-44(34-49(47)54)56(42-25-19-36(20-26-42)35-11-5-3-6-12-35)43-27-21-37(22-28-43)40-23-30-45-41(33-40)18-17-38-24-32-50-52(51(38)45)57-53(55-50)39-13-7-4-8-14-39/h3-34H,1-2H3. The molecule has 0 fully saturated rings. The number of hydrogen-bond donors (Lipinski definition) is 0. The van der Waals surface area contributed by atoms with E-state index >= 15 is 0 Å². The van der Waals surface area contributed by atoms with Gasteiger partial charge in [0.25, 0.3) is 0 Å². The fourth-order valence-electron chi connectivity index (χ4n) is 8.93. The number of rotatable bonds is 6. The summed E-state index contributed by atoms with van der Waals surface area (Å²) in [5.74, 6) is 0.640. The molecule has 0 radical (unpaired) electrons. The van der Waals surface area contributed by atoms with E-state index in [2.05, 4.69) is 183 Å². The van der Waals surface area contributed by atoms with Crippen LogP contribution in [0.1, 0.15) is 25.0 Å². The molecule has 1 aliphatic carbocycles. The van der Waals surface area contributed by atoms with Crippen LogP contribution >= 0.6 is 0 Å². The van der Waals surface area contributed by atoms with Gasteiger partial charge in [-0.15, -0.1) is 0 Å². The number of hydrogen-bond acceptors (Lipinski definition) is 3. The van der Waals surface area contributed by atoms with Crippen molar-refractivity contribution in [3.8, 4) is 44.8 Å². The van der Waals surface area contributed by atoms with Crippen molar-refractivity contribution in [3.05, 3.63) is 205 Å². The van der Waals surface area contributed by atoms with Crippen molar-refractivity contribution in [2.45, 2.75) is 19.3 Å². The van der Waals surface area contributed by atoms with Crippen molar-refractivity contribution in [2.75, 3.05) is 4.90 Å². The van der Waals surface area contributed by atoms with E-state index < -0.39 is 0 Å². The number of anilines is 3. The molecule has 9 aromatic carbocycles. The Balaban J connectivity index is 0.984. The second-order valence-corrected chi connectivity index (χ2v) is 15.6. The highest BCUT2D eigenvalue weighted by molar-refractivity contribution is 6.18. The molecule has 0 amide bonds. The van der Waals surface area contributed by atoms with E-state index in [-0.39, 0.29) is 5.41 Å². The van der Waals surface area contributed by atoms with Crippen molar-refractivity contribution in [1.82, 2.24) is 4.98 Å². The van der Waals surface area contributed by atoms with Gasteiger partial charge in [0, 0.05) is 33.4 Å². The van der Waals surface area contributed by atoms with Crippen LogP contribution in [0.5, 0.6) is 0 Å². The third-order valence-electron chi connectivity index (χ3n) is 11.9. The molecule has 0 spiro atoms.